The van der Waals surface area contributed by atoms with Crippen LogP contribution in [0.4, 0.5) is 5.69 Å². The second kappa shape index (κ2) is 5.36. The van der Waals surface area contributed by atoms with Crippen LogP contribution in [0.5, 0.6) is 0 Å². The van der Waals surface area contributed by atoms with Crippen molar-refractivity contribution in [2.45, 2.75) is 13.8 Å². The first-order valence-corrected chi connectivity index (χ1v) is 5.00. The second-order valence-corrected chi connectivity index (χ2v) is 3.12. The summed E-state index contributed by atoms with van der Waals surface area (Å²) in [6.45, 7) is 5.22. The Labute approximate surface area is 89.6 Å². The molecule has 0 spiro atoms. The van der Waals surface area contributed by atoms with E-state index in [2.05, 4.69) is 0 Å². The minimum Gasteiger partial charge on any atom is -0.399 e. The van der Waals surface area contributed by atoms with Crippen LogP contribution in [0.2, 0.25) is 0 Å². The fourth-order valence-corrected chi connectivity index (χ4v) is 1.14. The SMILES string of the molecule is CCN(CC)OC(=O)c1ccc(N)cc1. The Morgan fingerprint density at radius 1 is 1.27 bits per heavy atom. The molecule has 0 saturated carbocycles. The van der Waals surface area contributed by atoms with Gasteiger partial charge in [0.2, 0.25) is 0 Å². The quantitative estimate of drug-likeness (QED) is 0.604. The maximum absolute atomic E-state index is 11.6. The highest BCUT2D eigenvalue weighted by Crippen LogP contribution is 2.07. The van der Waals surface area contributed by atoms with Gasteiger partial charge >= 0.3 is 5.97 Å². The summed E-state index contributed by atoms with van der Waals surface area (Å²) in [7, 11) is 0. The van der Waals surface area contributed by atoms with Crippen molar-refractivity contribution in [1.82, 2.24) is 5.06 Å². The molecule has 0 heterocycles. The lowest BCUT2D eigenvalue weighted by molar-refractivity contribution is -0.103. The fourth-order valence-electron chi connectivity index (χ4n) is 1.14. The van der Waals surface area contributed by atoms with Crippen molar-refractivity contribution < 1.29 is 9.63 Å². The predicted octanol–water partition coefficient (Wildman–Crippen LogP) is 1.68. The molecule has 0 aliphatic heterocycles. The van der Waals surface area contributed by atoms with Crippen LogP contribution >= 0.6 is 0 Å². The number of anilines is 1. The highest BCUT2D eigenvalue weighted by molar-refractivity contribution is 5.89. The van der Waals surface area contributed by atoms with Crippen molar-refractivity contribution in [2.24, 2.45) is 0 Å². The van der Waals surface area contributed by atoms with Gasteiger partial charge in [-0.15, -0.1) is 5.06 Å². The van der Waals surface area contributed by atoms with Gasteiger partial charge in [-0.1, -0.05) is 0 Å². The van der Waals surface area contributed by atoms with Gasteiger partial charge in [-0.05, 0) is 38.1 Å². The molecule has 4 nitrogen and oxygen atoms in total. The van der Waals surface area contributed by atoms with Crippen LogP contribution in [0.15, 0.2) is 24.3 Å². The molecular formula is C11H16N2O2. The number of carbonyl (C=O) groups excluding carboxylic acids is 1. The van der Waals surface area contributed by atoms with Crippen molar-refractivity contribution in [1.29, 1.82) is 0 Å². The molecule has 0 aromatic heterocycles. The van der Waals surface area contributed by atoms with Gasteiger partial charge in [0, 0.05) is 18.8 Å². The third-order valence-corrected chi connectivity index (χ3v) is 2.06. The molecule has 0 atom stereocenters. The number of hydrogen-bond donors (Lipinski definition) is 1. The highest BCUT2D eigenvalue weighted by Gasteiger charge is 2.10. The molecule has 1 rings (SSSR count). The first-order chi connectivity index (χ1) is 7.17. The second-order valence-electron chi connectivity index (χ2n) is 3.12. The van der Waals surface area contributed by atoms with E-state index in [1.165, 1.54) is 0 Å². The van der Waals surface area contributed by atoms with E-state index in [1.54, 1.807) is 29.3 Å². The van der Waals surface area contributed by atoms with E-state index in [0.717, 1.165) is 0 Å². The average molecular weight is 208 g/mol. The first kappa shape index (κ1) is 11.5. The Balaban J connectivity index is 2.64. The molecule has 0 saturated heterocycles. The molecule has 1 aromatic carbocycles. The number of hydrogen-bond acceptors (Lipinski definition) is 4. The van der Waals surface area contributed by atoms with Gasteiger partial charge in [-0.3, -0.25) is 0 Å². The van der Waals surface area contributed by atoms with Gasteiger partial charge in [0.05, 0.1) is 5.56 Å². The lowest BCUT2D eigenvalue weighted by atomic mass is 10.2. The number of benzene rings is 1. The standard InChI is InChI=1S/C11H16N2O2/c1-3-13(4-2)15-11(14)9-5-7-10(12)8-6-9/h5-8H,3-4,12H2,1-2H3. The summed E-state index contributed by atoms with van der Waals surface area (Å²) < 4.78 is 0. The Morgan fingerprint density at radius 2 is 1.80 bits per heavy atom. The number of rotatable bonds is 4. The van der Waals surface area contributed by atoms with Crippen LogP contribution < -0.4 is 5.73 Å². The van der Waals surface area contributed by atoms with E-state index in [4.69, 9.17) is 10.6 Å². The van der Waals surface area contributed by atoms with Crippen LogP contribution in [-0.4, -0.2) is 24.1 Å². The van der Waals surface area contributed by atoms with Gasteiger partial charge in [0.1, 0.15) is 0 Å². The molecule has 15 heavy (non-hydrogen) atoms. The minimum absolute atomic E-state index is 0.348. The van der Waals surface area contributed by atoms with E-state index in [9.17, 15) is 4.79 Å². The van der Waals surface area contributed by atoms with Crippen LogP contribution in [-0.2, 0) is 4.84 Å². The van der Waals surface area contributed by atoms with Gasteiger partial charge < -0.3 is 10.6 Å². The zero-order valence-corrected chi connectivity index (χ0v) is 9.06. The van der Waals surface area contributed by atoms with E-state index >= 15 is 0 Å². The molecule has 82 valence electrons. The first-order valence-electron chi connectivity index (χ1n) is 5.00. The Hall–Kier alpha value is -1.55. The largest absolute Gasteiger partial charge is 0.399 e. The number of nitrogens with two attached hydrogens (primary N) is 1. The third-order valence-electron chi connectivity index (χ3n) is 2.06. The maximum atomic E-state index is 11.6. The van der Waals surface area contributed by atoms with E-state index in [0.29, 0.717) is 24.3 Å². The highest BCUT2D eigenvalue weighted by atomic mass is 16.7. The number of nitrogen functional groups attached to an aromatic ring is 1. The molecular weight excluding hydrogens is 192 g/mol. The summed E-state index contributed by atoms with van der Waals surface area (Å²) in [5.74, 6) is -0.348. The molecule has 0 amide bonds. The van der Waals surface area contributed by atoms with Crippen molar-refractivity contribution in [3.63, 3.8) is 0 Å². The lowest BCUT2D eigenvalue weighted by Gasteiger charge is -2.16. The Bertz CT molecular complexity index is 318. The zero-order chi connectivity index (χ0) is 11.3. The summed E-state index contributed by atoms with van der Waals surface area (Å²) in [6.07, 6.45) is 0. The smallest absolute Gasteiger partial charge is 0.357 e. The summed E-state index contributed by atoms with van der Waals surface area (Å²) >= 11 is 0. The summed E-state index contributed by atoms with van der Waals surface area (Å²) in [5.41, 5.74) is 6.66. The van der Waals surface area contributed by atoms with Gasteiger partial charge in [-0.2, -0.15) is 0 Å². The summed E-state index contributed by atoms with van der Waals surface area (Å²) in [4.78, 5) is 16.7. The molecule has 1 aromatic rings. The third kappa shape index (κ3) is 3.25. The molecule has 0 radical (unpaired) electrons. The van der Waals surface area contributed by atoms with E-state index in [-0.39, 0.29) is 5.97 Å². The van der Waals surface area contributed by atoms with Gasteiger partial charge in [0.25, 0.3) is 0 Å². The van der Waals surface area contributed by atoms with Gasteiger partial charge in [-0.25, -0.2) is 4.79 Å². The van der Waals surface area contributed by atoms with Crippen molar-refractivity contribution in [2.75, 3.05) is 18.8 Å². The molecule has 2 N–H and O–H groups in total. The topological polar surface area (TPSA) is 55.6 Å². The zero-order valence-electron chi connectivity index (χ0n) is 9.06. The van der Waals surface area contributed by atoms with E-state index < -0.39 is 0 Å². The summed E-state index contributed by atoms with van der Waals surface area (Å²) in [6, 6.07) is 6.67. The Morgan fingerprint density at radius 3 is 2.27 bits per heavy atom. The molecule has 0 bridgehead atoms. The van der Waals surface area contributed by atoms with E-state index in [1.807, 2.05) is 13.8 Å². The predicted molar refractivity (Wildman–Crippen MR) is 59.2 cm³/mol. The van der Waals surface area contributed by atoms with Gasteiger partial charge in [0.15, 0.2) is 0 Å². The molecule has 0 aliphatic carbocycles. The van der Waals surface area contributed by atoms with Crippen LogP contribution in [0.1, 0.15) is 24.2 Å². The molecule has 4 heteroatoms. The molecule has 0 aliphatic rings. The van der Waals surface area contributed by atoms with Crippen LogP contribution in [0, 0.1) is 0 Å². The van der Waals surface area contributed by atoms with Crippen LogP contribution in [0.25, 0.3) is 0 Å². The number of carbonyl (C=O) groups is 1. The maximum Gasteiger partial charge on any atom is 0.357 e. The van der Waals surface area contributed by atoms with Crippen molar-refractivity contribution >= 4 is 11.7 Å². The molecule has 0 fully saturated rings. The monoisotopic (exact) mass is 208 g/mol. The normalized spacial score (nSPS) is 10.3. The van der Waals surface area contributed by atoms with Crippen molar-refractivity contribution in [3.05, 3.63) is 29.8 Å². The van der Waals surface area contributed by atoms with Crippen molar-refractivity contribution in [3.8, 4) is 0 Å². The summed E-state index contributed by atoms with van der Waals surface area (Å²) in [5, 5.41) is 1.60. The molecule has 0 unspecified atom stereocenters. The van der Waals surface area contributed by atoms with Crippen LogP contribution in [0.3, 0.4) is 0 Å². The Kier molecular flexibility index (Phi) is 4.12. The number of hydroxylamine groups is 2. The fraction of sp³-hybridized carbons (Fsp3) is 0.364. The minimum atomic E-state index is -0.348. The lowest BCUT2D eigenvalue weighted by Crippen LogP contribution is -2.26. The number of nitrogens with zero attached hydrogens (tertiary/aromatic N) is 1. The average Bonchev–Trinajstić information content (AvgIpc) is 2.26.